The van der Waals surface area contributed by atoms with E-state index in [0.29, 0.717) is 18.7 Å². The average Bonchev–Trinajstić information content (AvgIpc) is 2.80. The molecule has 2 aromatic rings. The van der Waals surface area contributed by atoms with Gasteiger partial charge in [-0.05, 0) is 44.0 Å². The topological polar surface area (TPSA) is 63.4 Å². The first-order chi connectivity index (χ1) is 11.0. The van der Waals surface area contributed by atoms with Crippen LogP contribution in [0.5, 0.6) is 0 Å². The van der Waals surface area contributed by atoms with Gasteiger partial charge in [0.05, 0.1) is 16.6 Å². The van der Waals surface area contributed by atoms with Crippen LogP contribution < -0.4 is 0 Å². The number of hydrogen-bond donors (Lipinski definition) is 0. The van der Waals surface area contributed by atoms with Crippen molar-refractivity contribution in [3.8, 4) is 0 Å². The van der Waals surface area contributed by atoms with Crippen LogP contribution in [0, 0.1) is 12.7 Å². The molecule has 1 atom stereocenters. The molecule has 1 aromatic heterocycles. The second-order valence-corrected chi connectivity index (χ2v) is 7.70. The largest absolute Gasteiger partial charge is 0.359 e. The fraction of sp³-hybridized carbons (Fsp3) is 0.438. The average molecular weight is 338 g/mol. The van der Waals surface area contributed by atoms with Crippen molar-refractivity contribution in [2.24, 2.45) is 0 Å². The molecule has 1 saturated heterocycles. The fourth-order valence-electron chi connectivity index (χ4n) is 2.94. The Morgan fingerprint density at radius 1 is 1.22 bits per heavy atom. The minimum atomic E-state index is -3.71. The lowest BCUT2D eigenvalue weighted by molar-refractivity contribution is 0.258. The van der Waals surface area contributed by atoms with E-state index in [-0.39, 0.29) is 10.9 Å². The van der Waals surface area contributed by atoms with Crippen molar-refractivity contribution in [3.05, 3.63) is 47.6 Å². The molecule has 0 N–H and O–H groups in total. The van der Waals surface area contributed by atoms with Gasteiger partial charge < -0.3 is 4.52 Å². The molecule has 23 heavy (non-hydrogen) atoms. The number of halogens is 1. The molecule has 3 rings (SSSR count). The summed E-state index contributed by atoms with van der Waals surface area (Å²) in [5, 5.41) is 3.88. The van der Waals surface area contributed by atoms with E-state index in [2.05, 4.69) is 5.16 Å². The molecule has 7 heteroatoms. The van der Waals surface area contributed by atoms with Gasteiger partial charge in [-0.15, -0.1) is 0 Å². The van der Waals surface area contributed by atoms with Gasteiger partial charge in [0.1, 0.15) is 5.82 Å². The molecule has 0 aliphatic carbocycles. The number of aryl methyl sites for hydroxylation is 1. The van der Waals surface area contributed by atoms with Gasteiger partial charge in [-0.3, -0.25) is 0 Å². The fourth-order valence-corrected chi connectivity index (χ4v) is 4.60. The summed E-state index contributed by atoms with van der Waals surface area (Å²) in [6.07, 6.45) is 3.39. The predicted molar refractivity (Wildman–Crippen MR) is 82.7 cm³/mol. The highest BCUT2D eigenvalue weighted by Gasteiger charge is 2.35. The van der Waals surface area contributed by atoms with Crippen LogP contribution >= 0.6 is 0 Å². The first-order valence-corrected chi connectivity index (χ1v) is 9.13. The Balaban J connectivity index is 2.00. The van der Waals surface area contributed by atoms with Crippen molar-refractivity contribution >= 4 is 10.0 Å². The molecule has 124 valence electrons. The lowest BCUT2D eigenvalue weighted by Crippen LogP contribution is -2.34. The van der Waals surface area contributed by atoms with Crippen molar-refractivity contribution in [2.75, 3.05) is 6.54 Å². The number of nitrogens with zero attached hydrogens (tertiary/aromatic N) is 2. The SMILES string of the molecule is Cc1cc(C2CCCCCN2S(=O)(=O)c2ccc(F)cc2)on1. The van der Waals surface area contributed by atoms with Crippen LogP contribution in [0.3, 0.4) is 0 Å². The molecule has 0 amide bonds. The van der Waals surface area contributed by atoms with Crippen molar-refractivity contribution < 1.29 is 17.3 Å². The third kappa shape index (κ3) is 3.30. The molecule has 1 aliphatic heterocycles. The molecular weight excluding hydrogens is 319 g/mol. The Kier molecular flexibility index (Phi) is 4.50. The van der Waals surface area contributed by atoms with Crippen molar-refractivity contribution in [1.29, 1.82) is 0 Å². The highest BCUT2D eigenvalue weighted by molar-refractivity contribution is 7.89. The third-order valence-electron chi connectivity index (χ3n) is 4.10. The number of aromatic nitrogens is 1. The van der Waals surface area contributed by atoms with E-state index >= 15 is 0 Å². The van der Waals surface area contributed by atoms with Crippen molar-refractivity contribution in [2.45, 2.75) is 43.5 Å². The molecule has 5 nitrogen and oxygen atoms in total. The lowest BCUT2D eigenvalue weighted by Gasteiger charge is -2.27. The van der Waals surface area contributed by atoms with Gasteiger partial charge in [-0.2, -0.15) is 4.31 Å². The number of benzene rings is 1. The molecule has 0 saturated carbocycles. The smallest absolute Gasteiger partial charge is 0.243 e. The third-order valence-corrected chi connectivity index (χ3v) is 6.02. The van der Waals surface area contributed by atoms with Gasteiger partial charge >= 0.3 is 0 Å². The molecule has 0 radical (unpaired) electrons. The zero-order chi connectivity index (χ0) is 16.4. The van der Waals surface area contributed by atoms with Gasteiger partial charge in [0.25, 0.3) is 0 Å². The highest BCUT2D eigenvalue weighted by atomic mass is 32.2. The summed E-state index contributed by atoms with van der Waals surface area (Å²) in [5.74, 6) is 0.109. The van der Waals surface area contributed by atoms with Crippen LogP contribution in [-0.2, 0) is 10.0 Å². The van der Waals surface area contributed by atoms with E-state index in [1.807, 2.05) is 6.92 Å². The molecule has 0 bridgehead atoms. The lowest BCUT2D eigenvalue weighted by atomic mass is 10.1. The summed E-state index contributed by atoms with van der Waals surface area (Å²) >= 11 is 0. The Bertz CT molecular complexity index is 771. The summed E-state index contributed by atoms with van der Waals surface area (Å²) in [6.45, 7) is 2.23. The zero-order valence-electron chi connectivity index (χ0n) is 12.9. The van der Waals surface area contributed by atoms with E-state index in [9.17, 15) is 12.8 Å². The van der Waals surface area contributed by atoms with Gasteiger partial charge in [-0.25, -0.2) is 12.8 Å². The van der Waals surface area contributed by atoms with Gasteiger partial charge in [0, 0.05) is 12.6 Å². The molecule has 2 heterocycles. The van der Waals surface area contributed by atoms with Crippen LogP contribution in [0.15, 0.2) is 39.8 Å². The maximum Gasteiger partial charge on any atom is 0.243 e. The summed E-state index contributed by atoms with van der Waals surface area (Å²) in [7, 11) is -3.71. The number of rotatable bonds is 3. The Morgan fingerprint density at radius 2 is 1.96 bits per heavy atom. The summed E-state index contributed by atoms with van der Waals surface area (Å²) in [4.78, 5) is 0.0991. The van der Waals surface area contributed by atoms with Crippen LogP contribution in [0.1, 0.15) is 43.2 Å². The van der Waals surface area contributed by atoms with Gasteiger partial charge in [0.2, 0.25) is 10.0 Å². The second-order valence-electron chi connectivity index (χ2n) is 5.81. The van der Waals surface area contributed by atoms with E-state index < -0.39 is 15.8 Å². The van der Waals surface area contributed by atoms with Crippen LogP contribution in [-0.4, -0.2) is 24.4 Å². The Morgan fingerprint density at radius 3 is 2.61 bits per heavy atom. The molecule has 1 fully saturated rings. The van der Waals surface area contributed by atoms with Gasteiger partial charge in [-0.1, -0.05) is 18.0 Å². The van der Waals surface area contributed by atoms with Crippen LogP contribution in [0.2, 0.25) is 0 Å². The zero-order valence-corrected chi connectivity index (χ0v) is 13.7. The van der Waals surface area contributed by atoms with E-state index in [4.69, 9.17) is 4.52 Å². The van der Waals surface area contributed by atoms with E-state index in [1.54, 1.807) is 6.07 Å². The van der Waals surface area contributed by atoms with E-state index in [0.717, 1.165) is 37.1 Å². The minimum Gasteiger partial charge on any atom is -0.359 e. The monoisotopic (exact) mass is 338 g/mol. The molecule has 1 unspecified atom stereocenters. The molecule has 0 spiro atoms. The van der Waals surface area contributed by atoms with E-state index in [1.165, 1.54) is 16.4 Å². The minimum absolute atomic E-state index is 0.0991. The van der Waals surface area contributed by atoms with Crippen LogP contribution in [0.4, 0.5) is 4.39 Å². The van der Waals surface area contributed by atoms with Gasteiger partial charge in [0.15, 0.2) is 5.76 Å². The first-order valence-electron chi connectivity index (χ1n) is 7.69. The summed E-state index contributed by atoms with van der Waals surface area (Å²) < 4.78 is 45.9. The molecular formula is C16H19FN2O3S. The molecule has 1 aliphatic rings. The highest BCUT2D eigenvalue weighted by Crippen LogP contribution is 2.34. The summed E-state index contributed by atoms with van der Waals surface area (Å²) in [5.41, 5.74) is 0.725. The quantitative estimate of drug-likeness (QED) is 0.860. The Hall–Kier alpha value is -1.73. The van der Waals surface area contributed by atoms with Crippen LogP contribution in [0.25, 0.3) is 0 Å². The van der Waals surface area contributed by atoms with Crippen molar-refractivity contribution in [3.63, 3.8) is 0 Å². The summed E-state index contributed by atoms with van der Waals surface area (Å²) in [6, 6.07) is 6.35. The first kappa shape index (κ1) is 16.1. The van der Waals surface area contributed by atoms with Crippen molar-refractivity contribution in [1.82, 2.24) is 9.46 Å². The Labute approximate surface area is 135 Å². The number of hydrogen-bond acceptors (Lipinski definition) is 4. The standard InChI is InChI=1S/C16H19FN2O3S/c1-12-11-16(22-18-12)15-5-3-2-4-10-19(15)23(20,21)14-8-6-13(17)7-9-14/h6-9,11,15H,2-5,10H2,1H3. The molecule has 1 aromatic carbocycles. The predicted octanol–water partition coefficient (Wildman–Crippen LogP) is 3.43. The number of sulfonamides is 1. The maximum absolute atomic E-state index is 13.1. The second kappa shape index (κ2) is 6.41. The normalized spacial score (nSPS) is 20.3. The maximum atomic E-state index is 13.1.